The Hall–Kier alpha value is -1.33. The smallest absolute Gasteiger partial charge is 0.287 e. The molecule has 2 aromatic rings. The van der Waals surface area contributed by atoms with Gasteiger partial charge in [-0.1, -0.05) is 15.9 Å². The van der Waals surface area contributed by atoms with Crippen molar-refractivity contribution >= 4 is 32.8 Å². The molecule has 0 bridgehead atoms. The summed E-state index contributed by atoms with van der Waals surface area (Å²) in [5, 5.41) is 3.61. The second-order valence-electron chi connectivity index (χ2n) is 3.54. The van der Waals surface area contributed by atoms with Gasteiger partial charge in [0.15, 0.2) is 5.76 Å². The molecule has 0 aliphatic rings. The Morgan fingerprint density at radius 2 is 2.29 bits per heavy atom. The van der Waals surface area contributed by atoms with E-state index in [4.69, 9.17) is 9.15 Å². The molecule has 90 valence electrons. The number of furan rings is 1. The topological polar surface area (TPSA) is 51.5 Å². The first kappa shape index (κ1) is 12.1. The minimum Gasteiger partial charge on any atom is -0.451 e. The van der Waals surface area contributed by atoms with E-state index in [2.05, 4.69) is 21.2 Å². The van der Waals surface area contributed by atoms with Crippen molar-refractivity contribution in [1.29, 1.82) is 0 Å². The zero-order valence-electron chi connectivity index (χ0n) is 9.33. The van der Waals surface area contributed by atoms with Gasteiger partial charge in [0.05, 0.1) is 6.61 Å². The van der Waals surface area contributed by atoms with Crippen LogP contribution in [0, 0.1) is 0 Å². The normalized spacial score (nSPS) is 10.7. The maximum Gasteiger partial charge on any atom is 0.287 e. The average molecular weight is 298 g/mol. The van der Waals surface area contributed by atoms with E-state index < -0.39 is 0 Å². The van der Waals surface area contributed by atoms with E-state index in [0.717, 1.165) is 9.86 Å². The molecule has 0 aliphatic heterocycles. The third-order valence-electron chi connectivity index (χ3n) is 2.29. The predicted molar refractivity (Wildman–Crippen MR) is 68.1 cm³/mol. The van der Waals surface area contributed by atoms with Crippen LogP contribution in [0.4, 0.5) is 0 Å². The number of benzene rings is 1. The lowest BCUT2D eigenvalue weighted by Crippen LogP contribution is -2.26. The Balaban J connectivity index is 2.15. The highest BCUT2D eigenvalue weighted by molar-refractivity contribution is 9.10. The van der Waals surface area contributed by atoms with Gasteiger partial charge >= 0.3 is 0 Å². The van der Waals surface area contributed by atoms with Gasteiger partial charge < -0.3 is 14.5 Å². The summed E-state index contributed by atoms with van der Waals surface area (Å²) in [6.07, 6.45) is 0. The zero-order valence-corrected chi connectivity index (χ0v) is 10.9. The van der Waals surface area contributed by atoms with Crippen molar-refractivity contribution in [3.05, 3.63) is 34.5 Å². The molecule has 0 spiro atoms. The molecule has 2 rings (SSSR count). The fraction of sp³-hybridized carbons (Fsp3) is 0.250. The minimum atomic E-state index is -0.227. The number of hydrogen-bond donors (Lipinski definition) is 1. The van der Waals surface area contributed by atoms with E-state index in [-0.39, 0.29) is 5.91 Å². The molecule has 17 heavy (non-hydrogen) atoms. The molecule has 1 N–H and O–H groups in total. The number of methoxy groups -OCH3 is 1. The van der Waals surface area contributed by atoms with Gasteiger partial charge in [0.2, 0.25) is 0 Å². The monoisotopic (exact) mass is 297 g/mol. The first-order valence-corrected chi connectivity index (χ1v) is 5.96. The summed E-state index contributed by atoms with van der Waals surface area (Å²) in [5.74, 6) is 0.0866. The number of fused-ring (bicyclic) bond motifs is 1. The van der Waals surface area contributed by atoms with Crippen molar-refractivity contribution < 1.29 is 13.9 Å². The molecule has 1 aromatic carbocycles. The summed E-state index contributed by atoms with van der Waals surface area (Å²) in [7, 11) is 1.59. The largest absolute Gasteiger partial charge is 0.451 e. The summed E-state index contributed by atoms with van der Waals surface area (Å²) in [6.45, 7) is 0.952. The number of ether oxygens (including phenoxy) is 1. The lowest BCUT2D eigenvalue weighted by Gasteiger charge is -2.00. The number of hydrogen-bond acceptors (Lipinski definition) is 3. The van der Waals surface area contributed by atoms with Gasteiger partial charge in [-0.25, -0.2) is 0 Å². The second-order valence-corrected chi connectivity index (χ2v) is 4.46. The van der Waals surface area contributed by atoms with Crippen LogP contribution in [0.2, 0.25) is 0 Å². The van der Waals surface area contributed by atoms with Gasteiger partial charge in [-0.15, -0.1) is 0 Å². The van der Waals surface area contributed by atoms with E-state index in [1.54, 1.807) is 13.2 Å². The van der Waals surface area contributed by atoms with Crippen molar-refractivity contribution in [3.8, 4) is 0 Å². The van der Waals surface area contributed by atoms with Crippen LogP contribution in [0.3, 0.4) is 0 Å². The lowest BCUT2D eigenvalue weighted by atomic mass is 10.2. The molecule has 1 heterocycles. The first-order chi connectivity index (χ1) is 8.20. The fourth-order valence-electron chi connectivity index (χ4n) is 1.48. The molecule has 0 saturated heterocycles. The SMILES string of the molecule is COCCNC(=O)c1cc2cc(Br)ccc2o1. The predicted octanol–water partition coefficient (Wildman–Crippen LogP) is 2.57. The van der Waals surface area contributed by atoms with Crippen molar-refractivity contribution in [3.63, 3.8) is 0 Å². The van der Waals surface area contributed by atoms with E-state index in [1.807, 2.05) is 18.2 Å². The van der Waals surface area contributed by atoms with Crippen molar-refractivity contribution in [1.82, 2.24) is 5.32 Å². The number of amides is 1. The summed E-state index contributed by atoms with van der Waals surface area (Å²) >= 11 is 3.37. The van der Waals surface area contributed by atoms with Gasteiger partial charge in [-0.2, -0.15) is 0 Å². The standard InChI is InChI=1S/C12H12BrNO3/c1-16-5-4-14-12(15)11-7-8-6-9(13)2-3-10(8)17-11/h2-3,6-7H,4-5H2,1H3,(H,14,15). The molecule has 5 heteroatoms. The van der Waals surface area contributed by atoms with E-state index in [9.17, 15) is 4.79 Å². The van der Waals surface area contributed by atoms with Crippen LogP contribution < -0.4 is 5.32 Å². The second kappa shape index (κ2) is 5.33. The molecule has 1 aromatic heterocycles. The van der Waals surface area contributed by atoms with Crippen LogP contribution in [0.25, 0.3) is 11.0 Å². The molecule has 0 radical (unpaired) electrons. The number of halogens is 1. The highest BCUT2D eigenvalue weighted by atomic mass is 79.9. The number of nitrogens with one attached hydrogen (secondary N) is 1. The van der Waals surface area contributed by atoms with Crippen LogP contribution >= 0.6 is 15.9 Å². The molecule has 1 amide bonds. The van der Waals surface area contributed by atoms with Gasteiger partial charge in [0.25, 0.3) is 5.91 Å². The maximum absolute atomic E-state index is 11.7. The number of carbonyl (C=O) groups is 1. The van der Waals surface area contributed by atoms with Crippen LogP contribution in [0.15, 0.2) is 33.2 Å². The third-order valence-corrected chi connectivity index (χ3v) is 2.79. The van der Waals surface area contributed by atoms with E-state index >= 15 is 0 Å². The average Bonchev–Trinajstić information content (AvgIpc) is 2.72. The van der Waals surface area contributed by atoms with Crippen molar-refractivity contribution in [2.75, 3.05) is 20.3 Å². The fourth-order valence-corrected chi connectivity index (χ4v) is 1.86. The van der Waals surface area contributed by atoms with Crippen molar-refractivity contribution in [2.24, 2.45) is 0 Å². The third kappa shape index (κ3) is 2.87. The molecular formula is C12H12BrNO3. The molecule has 0 atom stereocenters. The van der Waals surface area contributed by atoms with E-state index in [0.29, 0.717) is 24.5 Å². The Bertz CT molecular complexity index is 536. The summed E-state index contributed by atoms with van der Waals surface area (Å²) in [5.41, 5.74) is 0.699. The Labute approximate surface area is 107 Å². The lowest BCUT2D eigenvalue weighted by molar-refractivity contribution is 0.0911. The van der Waals surface area contributed by atoms with Gasteiger partial charge in [0, 0.05) is 23.5 Å². The first-order valence-electron chi connectivity index (χ1n) is 5.17. The van der Waals surface area contributed by atoms with Crippen molar-refractivity contribution in [2.45, 2.75) is 0 Å². The summed E-state index contributed by atoms with van der Waals surface area (Å²) < 4.78 is 11.2. The molecular weight excluding hydrogens is 286 g/mol. The minimum absolute atomic E-state index is 0.227. The molecule has 0 fully saturated rings. The molecule has 0 saturated carbocycles. The van der Waals surface area contributed by atoms with Crippen LogP contribution in [0.5, 0.6) is 0 Å². The molecule has 4 nitrogen and oxygen atoms in total. The summed E-state index contributed by atoms with van der Waals surface area (Å²) in [4.78, 5) is 11.7. The van der Waals surface area contributed by atoms with Crippen LogP contribution in [0.1, 0.15) is 10.6 Å². The van der Waals surface area contributed by atoms with Gasteiger partial charge in [-0.05, 0) is 24.3 Å². The summed E-state index contributed by atoms with van der Waals surface area (Å²) in [6, 6.07) is 7.33. The molecule has 0 unspecified atom stereocenters. The Kier molecular flexibility index (Phi) is 3.81. The number of rotatable bonds is 4. The van der Waals surface area contributed by atoms with Crippen LogP contribution in [-0.4, -0.2) is 26.2 Å². The van der Waals surface area contributed by atoms with E-state index in [1.165, 1.54) is 0 Å². The highest BCUT2D eigenvalue weighted by Gasteiger charge is 2.11. The van der Waals surface area contributed by atoms with Gasteiger partial charge in [0.1, 0.15) is 5.58 Å². The quantitative estimate of drug-likeness (QED) is 0.883. The van der Waals surface area contributed by atoms with Gasteiger partial charge in [-0.3, -0.25) is 4.79 Å². The number of carbonyl (C=O) groups excluding carboxylic acids is 1. The van der Waals surface area contributed by atoms with Crippen LogP contribution in [-0.2, 0) is 4.74 Å². The Morgan fingerprint density at radius 1 is 1.47 bits per heavy atom. The highest BCUT2D eigenvalue weighted by Crippen LogP contribution is 2.23. The molecule has 0 aliphatic carbocycles. The maximum atomic E-state index is 11.7. The zero-order chi connectivity index (χ0) is 12.3. The Morgan fingerprint density at radius 3 is 3.06 bits per heavy atom.